The highest BCUT2D eigenvalue weighted by Gasteiger charge is 2.36. The van der Waals surface area contributed by atoms with Gasteiger partial charge in [0.2, 0.25) is 0 Å². The zero-order valence-electron chi connectivity index (χ0n) is 11.5. The summed E-state index contributed by atoms with van der Waals surface area (Å²) in [5.41, 5.74) is 1.73. The molecule has 22 heavy (non-hydrogen) atoms. The monoisotopic (exact) mass is 436 g/mol. The minimum absolute atomic E-state index is 1.28. The summed E-state index contributed by atoms with van der Waals surface area (Å²) < 4.78 is 10.9. The van der Waals surface area contributed by atoms with Gasteiger partial charge in [0.1, 0.15) is 0 Å². The minimum atomic E-state index is 1.28. The lowest BCUT2D eigenvalue weighted by atomic mass is 10.3. The molecule has 0 atom stereocenters. The van der Waals surface area contributed by atoms with Gasteiger partial charge < -0.3 is 0 Å². The quantitative estimate of drug-likeness (QED) is 0.369. The molecule has 0 spiro atoms. The van der Waals surface area contributed by atoms with Crippen LogP contribution in [0.25, 0.3) is 0 Å². The van der Waals surface area contributed by atoms with Crippen LogP contribution in [0.15, 0.2) is 35.2 Å². The first kappa shape index (κ1) is 16.0. The fourth-order valence-electron chi connectivity index (χ4n) is 2.62. The van der Waals surface area contributed by atoms with Crippen LogP contribution in [0.1, 0.15) is 25.7 Å². The highest BCUT2D eigenvalue weighted by Crippen LogP contribution is 2.71. The Bertz CT molecular complexity index is 618. The first-order valence-electron chi connectivity index (χ1n) is 7.14. The molecule has 0 amide bonds. The van der Waals surface area contributed by atoms with Crippen LogP contribution in [0.5, 0.6) is 0 Å². The van der Waals surface area contributed by atoms with E-state index in [1.807, 2.05) is 47.0 Å². The molecule has 4 aliphatic heterocycles. The Balaban J connectivity index is 1.31. The van der Waals surface area contributed by atoms with Crippen molar-refractivity contribution in [3.63, 3.8) is 0 Å². The van der Waals surface area contributed by atoms with E-state index < -0.39 is 0 Å². The summed E-state index contributed by atoms with van der Waals surface area (Å²) in [6.07, 6.45) is 5.49. The number of hydrogen-bond donors (Lipinski definition) is 0. The Hall–Kier alpha value is 1.76. The third kappa shape index (κ3) is 3.02. The van der Waals surface area contributed by atoms with E-state index in [1.54, 1.807) is 26.8 Å². The predicted octanol–water partition coefficient (Wildman–Crippen LogP) is 8.07. The van der Waals surface area contributed by atoms with Gasteiger partial charge in [0, 0.05) is 11.5 Å². The molecular formula is C14H12S8. The maximum atomic E-state index is 2.05. The second-order valence-electron chi connectivity index (χ2n) is 5.13. The molecule has 0 saturated heterocycles. The number of thioether (sulfide) groups is 8. The van der Waals surface area contributed by atoms with Crippen LogP contribution in [0, 0.1) is 0 Å². The summed E-state index contributed by atoms with van der Waals surface area (Å²) in [6, 6.07) is 0. The summed E-state index contributed by atoms with van der Waals surface area (Å²) in [5.74, 6) is 2.55. The Labute approximate surface area is 165 Å². The molecule has 0 unspecified atom stereocenters. The van der Waals surface area contributed by atoms with Gasteiger partial charge >= 0.3 is 0 Å². The van der Waals surface area contributed by atoms with Crippen molar-refractivity contribution in [3.8, 4) is 0 Å². The van der Waals surface area contributed by atoms with E-state index >= 15 is 0 Å². The average molecular weight is 437 g/mol. The van der Waals surface area contributed by atoms with Crippen molar-refractivity contribution in [2.24, 2.45) is 0 Å². The number of rotatable bonds is 0. The molecular weight excluding hydrogens is 425 g/mol. The van der Waals surface area contributed by atoms with E-state index in [9.17, 15) is 0 Å². The van der Waals surface area contributed by atoms with E-state index in [1.165, 1.54) is 45.7 Å². The van der Waals surface area contributed by atoms with Crippen LogP contribution in [0.3, 0.4) is 0 Å². The lowest BCUT2D eigenvalue weighted by Crippen LogP contribution is -1.88. The van der Waals surface area contributed by atoms with Gasteiger partial charge in [-0.3, -0.25) is 0 Å². The molecule has 0 nitrogen and oxygen atoms in total. The first-order valence-corrected chi connectivity index (χ1v) is 14.0. The topological polar surface area (TPSA) is 0 Å². The lowest BCUT2D eigenvalue weighted by Gasteiger charge is -2.08. The number of hydrogen-bond acceptors (Lipinski definition) is 8. The van der Waals surface area contributed by atoms with Gasteiger partial charge in [-0.2, -0.15) is 0 Å². The molecule has 8 heteroatoms. The van der Waals surface area contributed by atoms with Crippen LogP contribution >= 0.6 is 94.1 Å². The molecule has 0 bridgehead atoms. The Morgan fingerprint density at radius 1 is 0.455 bits per heavy atom. The van der Waals surface area contributed by atoms with Crippen molar-refractivity contribution in [3.05, 3.63) is 35.2 Å². The second-order valence-corrected chi connectivity index (χ2v) is 15.3. The number of allylic oxidation sites excluding steroid dienone is 1. The Morgan fingerprint density at radius 3 is 1.36 bits per heavy atom. The van der Waals surface area contributed by atoms with Crippen molar-refractivity contribution in [1.29, 1.82) is 0 Å². The van der Waals surface area contributed by atoms with E-state index in [0.29, 0.717) is 0 Å². The summed E-state index contributed by atoms with van der Waals surface area (Å²) in [7, 11) is 0. The van der Waals surface area contributed by atoms with Gasteiger partial charge in [-0.05, 0) is 31.3 Å². The highest BCUT2D eigenvalue weighted by molar-refractivity contribution is 8.49. The van der Waals surface area contributed by atoms with Gasteiger partial charge in [-0.15, -0.1) is 23.5 Å². The molecule has 0 aromatic rings. The van der Waals surface area contributed by atoms with Crippen LogP contribution in [-0.4, -0.2) is 11.5 Å². The molecule has 1 aliphatic carbocycles. The molecule has 0 radical (unpaired) electrons. The third-order valence-corrected chi connectivity index (χ3v) is 15.8. The summed E-state index contributed by atoms with van der Waals surface area (Å²) >= 11 is 16.3. The smallest absolute Gasteiger partial charge is 0.0718 e. The SMILES string of the molecule is C1CCC(=C2SC3=C(S2)SC(=C2SC4=C(SCCS4)S2)S3)C1. The van der Waals surface area contributed by atoms with Crippen molar-refractivity contribution < 1.29 is 0 Å². The molecule has 0 N–H and O–H groups in total. The Morgan fingerprint density at radius 2 is 0.864 bits per heavy atom. The zero-order valence-corrected chi connectivity index (χ0v) is 18.0. The Kier molecular flexibility index (Phi) is 4.95. The van der Waals surface area contributed by atoms with Gasteiger partial charge in [0.25, 0.3) is 0 Å². The van der Waals surface area contributed by atoms with E-state index in [0.717, 1.165) is 0 Å². The molecule has 0 aromatic heterocycles. The van der Waals surface area contributed by atoms with Crippen molar-refractivity contribution in [2.45, 2.75) is 25.7 Å². The molecule has 0 aromatic carbocycles. The normalized spacial score (nSPS) is 28.4. The maximum Gasteiger partial charge on any atom is 0.0718 e. The van der Waals surface area contributed by atoms with E-state index in [4.69, 9.17) is 0 Å². The predicted molar refractivity (Wildman–Crippen MR) is 117 cm³/mol. The van der Waals surface area contributed by atoms with Crippen molar-refractivity contribution >= 4 is 94.1 Å². The molecule has 1 fully saturated rings. The minimum Gasteiger partial charge on any atom is -0.116 e. The fraction of sp³-hybridized carbons (Fsp3) is 0.429. The lowest BCUT2D eigenvalue weighted by molar-refractivity contribution is 0.886. The first-order chi connectivity index (χ1) is 10.9. The largest absolute Gasteiger partial charge is 0.116 e. The van der Waals surface area contributed by atoms with Gasteiger partial charge in [0.05, 0.1) is 29.7 Å². The second kappa shape index (κ2) is 6.82. The molecule has 1 saturated carbocycles. The van der Waals surface area contributed by atoms with E-state index in [2.05, 4.69) is 47.0 Å². The highest BCUT2D eigenvalue weighted by atomic mass is 32.3. The maximum absolute atomic E-state index is 2.05. The van der Waals surface area contributed by atoms with Gasteiger partial charge in [-0.25, -0.2) is 0 Å². The van der Waals surface area contributed by atoms with Crippen LogP contribution in [0.4, 0.5) is 0 Å². The fourth-order valence-corrected chi connectivity index (χ4v) is 15.4. The summed E-state index contributed by atoms with van der Waals surface area (Å²) in [5, 5.41) is 0. The average Bonchev–Trinajstić information content (AvgIpc) is 3.27. The summed E-state index contributed by atoms with van der Waals surface area (Å²) in [4.78, 5) is 0. The van der Waals surface area contributed by atoms with Gasteiger partial charge in [0.15, 0.2) is 0 Å². The van der Waals surface area contributed by atoms with Gasteiger partial charge in [-0.1, -0.05) is 70.6 Å². The van der Waals surface area contributed by atoms with Crippen molar-refractivity contribution in [1.82, 2.24) is 0 Å². The van der Waals surface area contributed by atoms with Crippen LogP contribution in [0.2, 0.25) is 0 Å². The summed E-state index contributed by atoms with van der Waals surface area (Å²) in [6.45, 7) is 0. The molecule has 5 rings (SSSR count). The molecule has 4 heterocycles. The van der Waals surface area contributed by atoms with Crippen LogP contribution < -0.4 is 0 Å². The van der Waals surface area contributed by atoms with Crippen molar-refractivity contribution in [2.75, 3.05) is 11.5 Å². The van der Waals surface area contributed by atoms with Crippen LogP contribution in [-0.2, 0) is 0 Å². The standard InChI is InChI=1S/C14H12S8/c1-2-4-7(3-1)8-17-11-12(18-8)22-14(21-11)13-19-9-10(20-13)16-6-5-15-9/h1-6H2. The molecule has 116 valence electrons. The zero-order chi connectivity index (χ0) is 14.5. The van der Waals surface area contributed by atoms with E-state index in [-0.39, 0.29) is 0 Å². The third-order valence-electron chi connectivity index (χ3n) is 3.66. The molecule has 5 aliphatic rings.